The van der Waals surface area contributed by atoms with Crippen molar-refractivity contribution in [3.05, 3.63) is 28.8 Å². The van der Waals surface area contributed by atoms with Crippen molar-refractivity contribution < 1.29 is 9.47 Å². The van der Waals surface area contributed by atoms with Gasteiger partial charge in [-0.25, -0.2) is 0 Å². The summed E-state index contributed by atoms with van der Waals surface area (Å²) in [5, 5.41) is 3.97. The number of nitrogens with one attached hydrogen (secondary N) is 1. The van der Waals surface area contributed by atoms with Crippen molar-refractivity contribution in [3.63, 3.8) is 0 Å². The quantitative estimate of drug-likeness (QED) is 0.868. The highest BCUT2D eigenvalue weighted by molar-refractivity contribution is 6.32. The average molecular weight is 284 g/mol. The number of hydrogen-bond donors (Lipinski definition) is 1. The highest BCUT2D eigenvalue weighted by Crippen LogP contribution is 2.29. The largest absolute Gasteiger partial charge is 0.489 e. The second-order valence-corrected chi connectivity index (χ2v) is 5.22. The molecule has 0 aliphatic carbocycles. The zero-order valence-electron chi connectivity index (χ0n) is 11.5. The number of hydrogen-bond acceptors (Lipinski definition) is 3. The van der Waals surface area contributed by atoms with Gasteiger partial charge in [0.05, 0.1) is 11.1 Å². The van der Waals surface area contributed by atoms with E-state index in [1.54, 1.807) is 0 Å². The topological polar surface area (TPSA) is 30.5 Å². The molecule has 1 aromatic carbocycles. The molecule has 2 rings (SSSR count). The van der Waals surface area contributed by atoms with Gasteiger partial charge in [0, 0.05) is 18.7 Å². The Morgan fingerprint density at radius 3 is 3.05 bits per heavy atom. The van der Waals surface area contributed by atoms with Gasteiger partial charge in [0.1, 0.15) is 12.4 Å². The van der Waals surface area contributed by atoms with E-state index in [0.29, 0.717) is 11.6 Å². The second-order valence-electron chi connectivity index (χ2n) is 4.81. The van der Waals surface area contributed by atoms with Gasteiger partial charge < -0.3 is 14.8 Å². The van der Waals surface area contributed by atoms with Crippen molar-refractivity contribution in [2.75, 3.05) is 19.8 Å². The lowest BCUT2D eigenvalue weighted by Gasteiger charge is -2.23. The van der Waals surface area contributed by atoms with Gasteiger partial charge in [-0.2, -0.15) is 0 Å². The molecule has 1 saturated heterocycles. The van der Waals surface area contributed by atoms with Crippen LogP contribution in [0.5, 0.6) is 5.75 Å². The van der Waals surface area contributed by atoms with Crippen molar-refractivity contribution in [3.8, 4) is 5.75 Å². The third kappa shape index (κ3) is 4.37. The van der Waals surface area contributed by atoms with Crippen LogP contribution < -0.4 is 10.1 Å². The molecule has 1 atom stereocenters. The summed E-state index contributed by atoms with van der Waals surface area (Å²) in [5.41, 5.74) is 1.10. The van der Waals surface area contributed by atoms with Crippen molar-refractivity contribution >= 4 is 11.6 Å². The van der Waals surface area contributed by atoms with E-state index in [2.05, 4.69) is 12.2 Å². The van der Waals surface area contributed by atoms with E-state index in [9.17, 15) is 0 Å². The summed E-state index contributed by atoms with van der Waals surface area (Å²) < 4.78 is 11.6. The first-order valence-electron chi connectivity index (χ1n) is 7.03. The Morgan fingerprint density at radius 1 is 1.42 bits per heavy atom. The molecule has 1 N–H and O–H groups in total. The third-order valence-corrected chi connectivity index (χ3v) is 3.60. The van der Waals surface area contributed by atoms with Crippen molar-refractivity contribution in [2.45, 2.75) is 38.8 Å². The smallest absolute Gasteiger partial charge is 0.142 e. The number of ether oxygens (including phenoxy) is 2. The minimum atomic E-state index is 0.206. The minimum absolute atomic E-state index is 0.206. The highest BCUT2D eigenvalue weighted by Gasteiger charge is 2.16. The van der Waals surface area contributed by atoms with Crippen LogP contribution in [0.3, 0.4) is 0 Å². The number of benzene rings is 1. The molecule has 1 aliphatic rings. The van der Waals surface area contributed by atoms with E-state index in [1.165, 1.54) is 6.42 Å². The number of para-hydroxylation sites is 1. The molecule has 0 bridgehead atoms. The molecule has 1 aliphatic heterocycles. The van der Waals surface area contributed by atoms with E-state index in [0.717, 1.165) is 43.9 Å². The average Bonchev–Trinajstić information content (AvgIpc) is 2.45. The first-order chi connectivity index (χ1) is 9.31. The summed E-state index contributed by atoms with van der Waals surface area (Å²) >= 11 is 6.23. The molecule has 1 aromatic rings. The molecule has 0 amide bonds. The van der Waals surface area contributed by atoms with Gasteiger partial charge in [0.25, 0.3) is 0 Å². The van der Waals surface area contributed by atoms with Crippen LogP contribution in [0.15, 0.2) is 18.2 Å². The van der Waals surface area contributed by atoms with Gasteiger partial charge >= 0.3 is 0 Å². The van der Waals surface area contributed by atoms with Crippen LogP contribution in [0, 0.1) is 0 Å². The monoisotopic (exact) mass is 283 g/mol. The first-order valence-corrected chi connectivity index (χ1v) is 7.41. The molecular weight excluding hydrogens is 262 g/mol. The fourth-order valence-electron chi connectivity index (χ4n) is 2.23. The normalized spacial score (nSPS) is 19.4. The van der Waals surface area contributed by atoms with Gasteiger partial charge in [0.15, 0.2) is 0 Å². The van der Waals surface area contributed by atoms with Crippen molar-refractivity contribution in [2.24, 2.45) is 0 Å². The van der Waals surface area contributed by atoms with Gasteiger partial charge in [-0.1, -0.05) is 30.7 Å². The van der Waals surface area contributed by atoms with E-state index >= 15 is 0 Å². The van der Waals surface area contributed by atoms with Crippen LogP contribution in [0.2, 0.25) is 5.02 Å². The van der Waals surface area contributed by atoms with Crippen LogP contribution in [0.1, 0.15) is 31.7 Å². The van der Waals surface area contributed by atoms with Gasteiger partial charge in [-0.05, 0) is 31.9 Å². The van der Waals surface area contributed by atoms with Crippen LogP contribution in [-0.4, -0.2) is 25.9 Å². The number of rotatable bonds is 6. The molecule has 1 unspecified atom stereocenters. The van der Waals surface area contributed by atoms with Gasteiger partial charge in [-0.15, -0.1) is 0 Å². The lowest BCUT2D eigenvalue weighted by molar-refractivity contribution is -0.0112. The lowest BCUT2D eigenvalue weighted by atomic mass is 10.1. The SMILES string of the molecule is CCNCc1cccc(Cl)c1OCC1CCCCO1. The second kappa shape index (κ2) is 7.73. The summed E-state index contributed by atoms with van der Waals surface area (Å²) in [6, 6.07) is 5.87. The third-order valence-electron chi connectivity index (χ3n) is 3.30. The molecular formula is C15H22ClNO2. The highest BCUT2D eigenvalue weighted by atomic mass is 35.5. The molecule has 1 heterocycles. The predicted molar refractivity (Wildman–Crippen MR) is 77.9 cm³/mol. The fourth-order valence-corrected chi connectivity index (χ4v) is 2.48. The first kappa shape index (κ1) is 14.6. The summed E-state index contributed by atoms with van der Waals surface area (Å²) in [7, 11) is 0. The Bertz CT molecular complexity index is 392. The maximum Gasteiger partial charge on any atom is 0.142 e. The van der Waals surface area contributed by atoms with Crippen LogP contribution >= 0.6 is 11.6 Å². The van der Waals surface area contributed by atoms with E-state index in [-0.39, 0.29) is 6.10 Å². The van der Waals surface area contributed by atoms with E-state index in [4.69, 9.17) is 21.1 Å². The van der Waals surface area contributed by atoms with Gasteiger partial charge in [0.2, 0.25) is 0 Å². The van der Waals surface area contributed by atoms with E-state index in [1.807, 2.05) is 18.2 Å². The van der Waals surface area contributed by atoms with Crippen molar-refractivity contribution in [1.29, 1.82) is 0 Å². The Morgan fingerprint density at radius 2 is 2.32 bits per heavy atom. The minimum Gasteiger partial charge on any atom is -0.489 e. The molecule has 0 saturated carbocycles. The fraction of sp³-hybridized carbons (Fsp3) is 0.600. The predicted octanol–water partition coefficient (Wildman–Crippen LogP) is 3.40. The molecule has 0 radical (unpaired) electrons. The molecule has 0 aromatic heterocycles. The van der Waals surface area contributed by atoms with Crippen LogP contribution in [0.25, 0.3) is 0 Å². The lowest BCUT2D eigenvalue weighted by Crippen LogP contribution is -2.26. The Labute approximate surface area is 120 Å². The summed E-state index contributed by atoms with van der Waals surface area (Å²) in [6.45, 7) is 5.22. The number of halogens is 1. The molecule has 0 spiro atoms. The molecule has 19 heavy (non-hydrogen) atoms. The summed E-state index contributed by atoms with van der Waals surface area (Å²) in [5.74, 6) is 0.791. The summed E-state index contributed by atoms with van der Waals surface area (Å²) in [4.78, 5) is 0. The van der Waals surface area contributed by atoms with Crippen molar-refractivity contribution in [1.82, 2.24) is 5.32 Å². The standard InChI is InChI=1S/C15H22ClNO2/c1-2-17-10-12-6-5-8-14(16)15(12)19-11-13-7-3-4-9-18-13/h5-6,8,13,17H,2-4,7,9-11H2,1H3. The molecule has 1 fully saturated rings. The Kier molecular flexibility index (Phi) is 5.95. The summed E-state index contributed by atoms with van der Waals surface area (Å²) in [6.07, 6.45) is 3.67. The Balaban J connectivity index is 1.96. The molecule has 3 nitrogen and oxygen atoms in total. The van der Waals surface area contributed by atoms with Gasteiger partial charge in [-0.3, -0.25) is 0 Å². The van der Waals surface area contributed by atoms with Crippen LogP contribution in [0.4, 0.5) is 0 Å². The zero-order chi connectivity index (χ0) is 13.5. The Hall–Kier alpha value is -0.770. The molecule has 106 valence electrons. The van der Waals surface area contributed by atoms with Crippen LogP contribution in [-0.2, 0) is 11.3 Å². The zero-order valence-corrected chi connectivity index (χ0v) is 12.2. The van der Waals surface area contributed by atoms with E-state index < -0.39 is 0 Å². The maximum absolute atomic E-state index is 6.23. The molecule has 4 heteroatoms. The maximum atomic E-state index is 6.23.